The Balaban J connectivity index is 0.000000744. The van der Waals surface area contributed by atoms with Crippen molar-refractivity contribution in [2.24, 2.45) is 5.73 Å². The largest absolute Gasteiger partial charge is 0.519 e. The number of carbonyl (C=O) groups excluding carboxylic acids is 3. The number of nitrogen functional groups attached to an aromatic ring is 2. The van der Waals surface area contributed by atoms with Gasteiger partial charge in [0.25, 0.3) is 5.69 Å². The van der Waals surface area contributed by atoms with Gasteiger partial charge in [-0.1, -0.05) is 36.4 Å². The van der Waals surface area contributed by atoms with Crippen molar-refractivity contribution in [3.63, 3.8) is 0 Å². The van der Waals surface area contributed by atoms with Crippen LogP contribution in [-0.4, -0.2) is 53.2 Å². The zero-order valence-corrected chi connectivity index (χ0v) is 34.9. The van der Waals surface area contributed by atoms with Crippen molar-refractivity contribution in [1.82, 2.24) is 5.32 Å². The van der Waals surface area contributed by atoms with Gasteiger partial charge in [0.15, 0.2) is 0 Å². The van der Waals surface area contributed by atoms with Crippen LogP contribution in [0.5, 0.6) is 0 Å². The van der Waals surface area contributed by atoms with E-state index in [2.05, 4.69) is 10.1 Å². The molecule has 0 heterocycles. The smallest absolute Gasteiger partial charge is 0.444 e. The quantitative estimate of drug-likeness (QED) is 0.0285. The lowest BCUT2D eigenvalue weighted by atomic mass is 10.1. The van der Waals surface area contributed by atoms with Crippen LogP contribution in [0.2, 0.25) is 0 Å². The van der Waals surface area contributed by atoms with Crippen LogP contribution in [0, 0.1) is 21.4 Å². The van der Waals surface area contributed by atoms with Crippen LogP contribution >= 0.6 is 0 Å². The van der Waals surface area contributed by atoms with Crippen LogP contribution in [0.1, 0.15) is 98.3 Å². The Morgan fingerprint density at radius 2 is 1.05 bits per heavy atom. The van der Waals surface area contributed by atoms with E-state index in [1.165, 1.54) is 23.3 Å². The molecule has 0 aromatic heterocycles. The number of benzene rings is 3. The van der Waals surface area contributed by atoms with E-state index in [0.29, 0.717) is 19.4 Å². The predicted molar refractivity (Wildman–Crippen MR) is 222 cm³/mol. The fraction of sp³-hybridized carbons (Fsp3) is 0.476. The molecule has 7 N–H and O–H groups in total. The number of nitro groups is 1. The summed E-state index contributed by atoms with van der Waals surface area (Å²) in [5, 5.41) is 21.3. The van der Waals surface area contributed by atoms with Gasteiger partial charge in [-0.25, -0.2) is 14.4 Å². The van der Waals surface area contributed by atoms with Crippen LogP contribution in [0.25, 0.3) is 0 Å². The van der Waals surface area contributed by atoms with Gasteiger partial charge in [0.05, 0.1) is 11.0 Å². The summed E-state index contributed by atoms with van der Waals surface area (Å²) in [6, 6.07) is 24.0. The number of aryl methyl sites for hydroxylation is 3. The van der Waals surface area contributed by atoms with Crippen LogP contribution in [-0.2, 0) is 38.2 Å². The maximum absolute atomic E-state index is 11.4. The van der Waals surface area contributed by atoms with Crippen molar-refractivity contribution >= 4 is 35.5 Å². The van der Waals surface area contributed by atoms with Gasteiger partial charge in [0, 0.05) is 36.5 Å². The number of carbonyl (C=O) groups is 3. The predicted octanol–water partition coefficient (Wildman–Crippen LogP) is 8.81. The molecule has 0 aliphatic rings. The van der Waals surface area contributed by atoms with Crippen LogP contribution < -0.4 is 22.5 Å². The van der Waals surface area contributed by atoms with Crippen molar-refractivity contribution in [2.75, 3.05) is 24.6 Å². The highest BCUT2D eigenvalue weighted by Gasteiger charge is 2.24. The first kappa shape index (κ1) is 51.1. The minimum Gasteiger partial charge on any atom is -0.444 e. The Kier molecular flexibility index (Phi) is 23.4. The van der Waals surface area contributed by atoms with Crippen molar-refractivity contribution in [1.29, 1.82) is 5.26 Å². The molecule has 3 rings (SSSR count). The summed E-state index contributed by atoms with van der Waals surface area (Å²) in [7, 11) is 0. The number of hydrogen-bond acceptors (Lipinski definition) is 13. The number of amides is 1. The van der Waals surface area contributed by atoms with Crippen molar-refractivity contribution < 1.29 is 38.3 Å². The maximum atomic E-state index is 11.4. The van der Waals surface area contributed by atoms with Crippen molar-refractivity contribution in [3.8, 4) is 6.07 Å². The Bertz CT molecular complexity index is 1640. The van der Waals surface area contributed by atoms with Gasteiger partial charge in [0.1, 0.15) is 16.8 Å². The first-order valence-electron chi connectivity index (χ1n) is 18.5. The summed E-state index contributed by atoms with van der Waals surface area (Å²) in [5.74, 6) is 0. The minimum atomic E-state index is -1.06. The molecule has 15 nitrogen and oxygen atoms in total. The molecule has 0 spiro atoms. The topological polar surface area (TPSA) is 245 Å². The summed E-state index contributed by atoms with van der Waals surface area (Å²) in [6.07, 6.45) is 2.50. The van der Waals surface area contributed by atoms with E-state index >= 15 is 0 Å². The first-order valence-corrected chi connectivity index (χ1v) is 18.5. The Morgan fingerprint density at radius 3 is 1.42 bits per heavy atom. The molecule has 0 bridgehead atoms. The van der Waals surface area contributed by atoms with E-state index in [-0.39, 0.29) is 11.8 Å². The molecule has 0 aliphatic heterocycles. The third kappa shape index (κ3) is 30.1. The van der Waals surface area contributed by atoms with Gasteiger partial charge in [-0.2, -0.15) is 5.26 Å². The SMILES string of the molecule is CC(C)(C)OC(=O)NCCCc1ccc(N)cc1.CC(C)(C)OC(=O)OC(=O)OC(C)(C)C.N#CCCc1ccc([N+](=O)[O-])cc1.NCCCc1ccc(N)cc1. The van der Waals surface area contributed by atoms with Gasteiger partial charge in [-0.05, 0) is 142 Å². The van der Waals surface area contributed by atoms with E-state index in [1.54, 1.807) is 53.7 Å². The van der Waals surface area contributed by atoms with Crippen molar-refractivity contribution in [3.05, 3.63) is 99.6 Å². The highest BCUT2D eigenvalue weighted by atomic mass is 16.8. The van der Waals surface area contributed by atoms with Gasteiger partial charge in [-0.3, -0.25) is 10.1 Å². The van der Waals surface area contributed by atoms with Crippen LogP contribution in [0.3, 0.4) is 0 Å². The fourth-order valence-corrected chi connectivity index (χ4v) is 4.07. The Hall–Kier alpha value is -5.88. The van der Waals surface area contributed by atoms with E-state index in [9.17, 15) is 24.5 Å². The number of ether oxygens (including phenoxy) is 4. The average Bonchev–Trinajstić information content (AvgIpc) is 3.08. The third-order valence-electron chi connectivity index (χ3n) is 6.56. The molecule has 0 aliphatic carbocycles. The lowest BCUT2D eigenvalue weighted by Crippen LogP contribution is -2.33. The van der Waals surface area contributed by atoms with Gasteiger partial charge < -0.3 is 41.5 Å². The molecule has 0 saturated carbocycles. The summed E-state index contributed by atoms with van der Waals surface area (Å²) in [4.78, 5) is 43.2. The number of nitrogens with two attached hydrogens (primary N) is 3. The van der Waals surface area contributed by atoms with Crippen LogP contribution in [0.4, 0.5) is 31.4 Å². The number of nitro benzene ring substituents is 1. The number of anilines is 2. The number of non-ortho nitro benzene ring substituents is 1. The van der Waals surface area contributed by atoms with E-state index in [4.69, 9.17) is 36.7 Å². The summed E-state index contributed by atoms with van der Waals surface area (Å²) >= 11 is 0. The van der Waals surface area contributed by atoms with Crippen molar-refractivity contribution in [2.45, 2.75) is 118 Å². The van der Waals surface area contributed by atoms with Crippen LogP contribution in [0.15, 0.2) is 72.8 Å². The molecular formula is C42H62N6O9. The molecule has 314 valence electrons. The molecule has 0 atom stereocenters. The molecule has 0 saturated heterocycles. The second-order valence-electron chi connectivity index (χ2n) is 15.5. The number of nitrogens with zero attached hydrogens (tertiary/aromatic N) is 2. The summed E-state index contributed by atoms with van der Waals surface area (Å²) in [6.45, 7) is 16.9. The summed E-state index contributed by atoms with van der Waals surface area (Å²) in [5.41, 5.74) is 19.8. The highest BCUT2D eigenvalue weighted by molar-refractivity contribution is 5.77. The third-order valence-corrected chi connectivity index (χ3v) is 6.56. The fourth-order valence-electron chi connectivity index (χ4n) is 4.07. The Morgan fingerprint density at radius 1 is 0.667 bits per heavy atom. The number of nitriles is 1. The molecule has 3 aromatic rings. The first-order chi connectivity index (χ1) is 26.4. The zero-order chi connectivity index (χ0) is 43.7. The number of nitrogens with one attached hydrogen (secondary N) is 1. The molecular weight excluding hydrogens is 732 g/mol. The summed E-state index contributed by atoms with van der Waals surface area (Å²) < 4.78 is 18.9. The standard InChI is InChI=1S/C14H22N2O2.C10H18O5.C9H8N2O2.C9H14N2/c1-14(2,3)18-13(17)16-10-4-5-11-6-8-12(15)9-7-11;1-9(2,3)14-7(11)13-8(12)15-10(4,5)6;10-7-1-2-8-3-5-9(6-4-8)11(12)13;10-7-1-2-8-3-5-9(11)6-4-8/h6-9H,4-5,10,15H2,1-3H3,(H,16,17);1-6H3;3-6H,1-2H2;3-6H,1-2,7,10-11H2. The molecule has 3 aromatic carbocycles. The van der Waals surface area contributed by atoms with Gasteiger partial charge in [-0.15, -0.1) is 0 Å². The molecule has 15 heteroatoms. The maximum Gasteiger partial charge on any atom is 0.519 e. The normalized spacial score (nSPS) is 10.6. The average molecular weight is 795 g/mol. The second-order valence-corrected chi connectivity index (χ2v) is 15.5. The Labute approximate surface area is 337 Å². The van der Waals surface area contributed by atoms with E-state index in [1.807, 2.05) is 75.4 Å². The molecule has 0 unspecified atom stereocenters. The number of rotatable bonds is 10. The molecule has 57 heavy (non-hydrogen) atoms. The molecule has 0 fully saturated rings. The lowest BCUT2D eigenvalue weighted by Gasteiger charge is -2.20. The molecule has 1 amide bonds. The minimum absolute atomic E-state index is 0.0840. The van der Waals surface area contributed by atoms with E-state index in [0.717, 1.165) is 49.2 Å². The highest BCUT2D eigenvalue weighted by Crippen LogP contribution is 2.14. The monoisotopic (exact) mass is 794 g/mol. The number of alkyl carbamates (subject to hydrolysis) is 1. The van der Waals surface area contributed by atoms with Gasteiger partial charge in [0.2, 0.25) is 0 Å². The zero-order valence-electron chi connectivity index (χ0n) is 34.9. The van der Waals surface area contributed by atoms with E-state index < -0.39 is 34.0 Å². The second kappa shape index (κ2) is 26.1. The molecule has 0 radical (unpaired) electrons. The number of hydrogen-bond donors (Lipinski definition) is 4. The van der Waals surface area contributed by atoms with Gasteiger partial charge >= 0.3 is 18.4 Å². The lowest BCUT2D eigenvalue weighted by molar-refractivity contribution is -0.384.